The Morgan fingerprint density at radius 3 is 3.00 bits per heavy atom. The third-order valence-electron chi connectivity index (χ3n) is 3.59. The van der Waals surface area contributed by atoms with E-state index in [0.717, 1.165) is 23.9 Å². The minimum absolute atomic E-state index is 0.216. The lowest BCUT2D eigenvalue weighted by Crippen LogP contribution is -2.28. The number of anilines is 1. The molecule has 0 bridgehead atoms. The number of ether oxygens (including phenoxy) is 1. The van der Waals surface area contributed by atoms with Crippen LogP contribution in [0.5, 0.6) is 0 Å². The highest BCUT2D eigenvalue weighted by molar-refractivity contribution is 9.10. The number of aliphatic hydroxyl groups is 1. The highest BCUT2D eigenvalue weighted by Gasteiger charge is 2.22. The molecule has 0 aliphatic heterocycles. The number of halogens is 1. The normalized spacial score (nSPS) is 21.3. The van der Waals surface area contributed by atoms with Gasteiger partial charge in [0.05, 0.1) is 25.1 Å². The number of hydrogen-bond donors (Lipinski definition) is 2. The predicted octanol–water partition coefficient (Wildman–Crippen LogP) is 0.752. The molecular formula is C13H18BrN3O4. The van der Waals surface area contributed by atoms with Crippen LogP contribution in [-0.2, 0) is 16.1 Å². The second-order valence-corrected chi connectivity index (χ2v) is 5.92. The first kappa shape index (κ1) is 16.0. The molecule has 0 aromatic carbocycles. The molecule has 2 N–H and O–H groups in total. The van der Waals surface area contributed by atoms with E-state index in [1.807, 2.05) is 0 Å². The molecule has 2 atom stereocenters. The van der Waals surface area contributed by atoms with Gasteiger partial charge in [-0.3, -0.25) is 9.59 Å². The van der Waals surface area contributed by atoms with Gasteiger partial charge >= 0.3 is 5.97 Å². The van der Waals surface area contributed by atoms with Crippen molar-refractivity contribution in [2.45, 2.75) is 31.9 Å². The maximum absolute atomic E-state index is 12.1. The van der Waals surface area contributed by atoms with Crippen LogP contribution in [0.2, 0.25) is 0 Å². The summed E-state index contributed by atoms with van der Waals surface area (Å²) < 4.78 is 5.89. The first-order valence-electron chi connectivity index (χ1n) is 6.75. The fourth-order valence-corrected chi connectivity index (χ4v) is 2.82. The Bertz CT molecular complexity index is 575. The lowest BCUT2D eigenvalue weighted by Gasteiger charge is -2.13. The summed E-state index contributed by atoms with van der Waals surface area (Å²) in [5.74, 6) is -0.137. The molecule has 1 saturated carbocycles. The molecule has 8 heteroatoms. The zero-order valence-electron chi connectivity index (χ0n) is 11.7. The van der Waals surface area contributed by atoms with Gasteiger partial charge in [0.1, 0.15) is 11.0 Å². The Labute approximate surface area is 130 Å². The highest BCUT2D eigenvalue weighted by atomic mass is 79.9. The maximum atomic E-state index is 12.1. The third-order valence-corrected chi connectivity index (χ3v) is 4.35. The summed E-state index contributed by atoms with van der Waals surface area (Å²) in [6, 6.07) is 0. The quantitative estimate of drug-likeness (QED) is 0.753. The van der Waals surface area contributed by atoms with Gasteiger partial charge in [-0.1, -0.05) is 0 Å². The van der Waals surface area contributed by atoms with Crippen molar-refractivity contribution in [3.05, 3.63) is 21.0 Å². The number of esters is 1. The summed E-state index contributed by atoms with van der Waals surface area (Å²) in [5, 5.41) is 16.6. The minimum atomic E-state index is -0.530. The highest BCUT2D eigenvalue weighted by Crippen LogP contribution is 2.26. The van der Waals surface area contributed by atoms with Crippen LogP contribution >= 0.6 is 15.9 Å². The number of nitrogens with one attached hydrogen (secondary N) is 1. The summed E-state index contributed by atoms with van der Waals surface area (Å²) in [5.41, 5.74) is 0.194. The zero-order valence-corrected chi connectivity index (χ0v) is 13.3. The van der Waals surface area contributed by atoms with Gasteiger partial charge in [0.2, 0.25) is 0 Å². The standard InChI is InChI=1S/C13H18BrN3O4/c1-21-11(19)7-17-13(20)12(14)10(6-16-17)15-5-8-2-3-9(18)4-8/h6,8-9,15,18H,2-5,7H2,1H3. The second kappa shape index (κ2) is 7.04. The number of carbonyl (C=O) groups excluding carboxylic acids is 1. The van der Waals surface area contributed by atoms with E-state index in [-0.39, 0.29) is 12.6 Å². The van der Waals surface area contributed by atoms with E-state index in [2.05, 4.69) is 31.1 Å². The molecule has 1 aliphatic carbocycles. The monoisotopic (exact) mass is 359 g/mol. The molecule has 116 valence electrons. The van der Waals surface area contributed by atoms with Gasteiger partial charge in [-0.25, -0.2) is 4.68 Å². The number of carbonyl (C=O) groups is 1. The molecule has 2 unspecified atom stereocenters. The Balaban J connectivity index is 2.03. The van der Waals surface area contributed by atoms with Crippen LogP contribution in [0.15, 0.2) is 15.5 Å². The van der Waals surface area contributed by atoms with Crippen LogP contribution in [0.4, 0.5) is 5.69 Å². The van der Waals surface area contributed by atoms with Crippen molar-refractivity contribution in [1.29, 1.82) is 0 Å². The first-order valence-corrected chi connectivity index (χ1v) is 7.55. The largest absolute Gasteiger partial charge is 0.468 e. The molecule has 1 aromatic heterocycles. The molecule has 1 aliphatic rings. The van der Waals surface area contributed by atoms with E-state index in [4.69, 9.17) is 0 Å². The van der Waals surface area contributed by atoms with Gasteiger partial charge in [0, 0.05) is 6.54 Å². The van der Waals surface area contributed by atoms with E-state index in [1.165, 1.54) is 13.3 Å². The van der Waals surface area contributed by atoms with Crippen molar-refractivity contribution in [2.75, 3.05) is 19.0 Å². The van der Waals surface area contributed by atoms with Crippen molar-refractivity contribution in [3.63, 3.8) is 0 Å². The topological polar surface area (TPSA) is 93.5 Å². The molecular weight excluding hydrogens is 342 g/mol. The molecule has 0 radical (unpaired) electrons. The van der Waals surface area contributed by atoms with Gasteiger partial charge in [-0.15, -0.1) is 0 Å². The van der Waals surface area contributed by atoms with E-state index >= 15 is 0 Å². The summed E-state index contributed by atoms with van der Waals surface area (Å²) >= 11 is 3.23. The van der Waals surface area contributed by atoms with Gasteiger partial charge in [0.15, 0.2) is 0 Å². The van der Waals surface area contributed by atoms with Crippen molar-refractivity contribution in [1.82, 2.24) is 9.78 Å². The Hall–Kier alpha value is -1.41. The summed E-state index contributed by atoms with van der Waals surface area (Å²) in [6.07, 6.45) is 3.86. The minimum Gasteiger partial charge on any atom is -0.468 e. The first-order chi connectivity index (χ1) is 10.0. The Morgan fingerprint density at radius 2 is 2.38 bits per heavy atom. The van der Waals surface area contributed by atoms with Gasteiger partial charge in [-0.2, -0.15) is 5.10 Å². The molecule has 0 spiro atoms. The van der Waals surface area contributed by atoms with Crippen LogP contribution < -0.4 is 10.9 Å². The second-order valence-electron chi connectivity index (χ2n) is 5.12. The maximum Gasteiger partial charge on any atom is 0.327 e. The molecule has 0 saturated heterocycles. The van der Waals surface area contributed by atoms with Crippen molar-refractivity contribution in [2.24, 2.45) is 5.92 Å². The third kappa shape index (κ3) is 4.04. The lowest BCUT2D eigenvalue weighted by atomic mass is 10.1. The van der Waals surface area contributed by atoms with Crippen molar-refractivity contribution in [3.8, 4) is 0 Å². The van der Waals surface area contributed by atoms with Gasteiger partial charge < -0.3 is 15.2 Å². The fraction of sp³-hybridized carbons (Fsp3) is 0.615. The molecule has 2 rings (SSSR count). The van der Waals surface area contributed by atoms with Crippen LogP contribution in [0.25, 0.3) is 0 Å². The molecule has 1 fully saturated rings. The number of aromatic nitrogens is 2. The molecule has 1 heterocycles. The Kier molecular flexibility index (Phi) is 5.35. The number of nitrogens with zero attached hydrogens (tertiary/aromatic N) is 2. The molecule has 1 aromatic rings. The summed E-state index contributed by atoms with van der Waals surface area (Å²) in [6.45, 7) is 0.459. The Morgan fingerprint density at radius 1 is 1.62 bits per heavy atom. The van der Waals surface area contributed by atoms with E-state index in [9.17, 15) is 14.7 Å². The van der Waals surface area contributed by atoms with E-state index in [0.29, 0.717) is 22.6 Å². The van der Waals surface area contributed by atoms with Crippen LogP contribution in [0.1, 0.15) is 19.3 Å². The SMILES string of the molecule is COC(=O)Cn1ncc(NCC2CCC(O)C2)c(Br)c1=O. The smallest absolute Gasteiger partial charge is 0.327 e. The van der Waals surface area contributed by atoms with Crippen molar-refractivity contribution < 1.29 is 14.6 Å². The number of rotatable bonds is 5. The zero-order chi connectivity index (χ0) is 15.4. The van der Waals surface area contributed by atoms with Gasteiger partial charge in [-0.05, 0) is 41.1 Å². The average Bonchev–Trinajstić information content (AvgIpc) is 2.88. The number of aliphatic hydroxyl groups excluding tert-OH is 1. The molecule has 21 heavy (non-hydrogen) atoms. The summed E-state index contributed by atoms with van der Waals surface area (Å²) in [7, 11) is 1.26. The molecule has 7 nitrogen and oxygen atoms in total. The predicted molar refractivity (Wildman–Crippen MR) is 80.1 cm³/mol. The lowest BCUT2D eigenvalue weighted by molar-refractivity contribution is -0.141. The van der Waals surface area contributed by atoms with Crippen LogP contribution in [-0.4, -0.2) is 40.6 Å². The average molecular weight is 360 g/mol. The number of hydrogen-bond acceptors (Lipinski definition) is 6. The van der Waals surface area contributed by atoms with E-state index < -0.39 is 11.5 Å². The van der Waals surface area contributed by atoms with Crippen molar-refractivity contribution >= 4 is 27.6 Å². The molecule has 0 amide bonds. The summed E-state index contributed by atoms with van der Waals surface area (Å²) in [4.78, 5) is 23.2. The van der Waals surface area contributed by atoms with Crippen LogP contribution in [0.3, 0.4) is 0 Å². The van der Waals surface area contributed by atoms with Gasteiger partial charge in [0.25, 0.3) is 5.56 Å². The van der Waals surface area contributed by atoms with Crippen LogP contribution in [0, 0.1) is 5.92 Å². The fourth-order valence-electron chi connectivity index (χ4n) is 2.38. The van der Waals surface area contributed by atoms with E-state index in [1.54, 1.807) is 0 Å². The number of methoxy groups -OCH3 is 1.